The van der Waals surface area contributed by atoms with Crippen molar-refractivity contribution >= 4 is 11.5 Å². The van der Waals surface area contributed by atoms with Crippen molar-refractivity contribution in [3.63, 3.8) is 0 Å². The van der Waals surface area contributed by atoms with E-state index in [9.17, 15) is 0 Å². The molecule has 0 radical (unpaired) electrons. The molecule has 0 saturated heterocycles. The maximum absolute atomic E-state index is 5.97. The molecule has 108 valence electrons. The van der Waals surface area contributed by atoms with Gasteiger partial charge in [0.25, 0.3) is 0 Å². The van der Waals surface area contributed by atoms with Crippen molar-refractivity contribution in [2.75, 3.05) is 30.8 Å². The summed E-state index contributed by atoms with van der Waals surface area (Å²) in [5, 5.41) is 3.17. The minimum absolute atomic E-state index is 0.281. The zero-order valence-electron chi connectivity index (χ0n) is 12.2. The average Bonchev–Trinajstić information content (AvgIpc) is 2.36. The van der Waals surface area contributed by atoms with Crippen molar-refractivity contribution in [1.82, 2.24) is 9.97 Å². The lowest BCUT2D eigenvalue weighted by Crippen LogP contribution is -2.33. The minimum Gasteiger partial charge on any atom is -0.476 e. The van der Waals surface area contributed by atoms with E-state index in [0.717, 1.165) is 6.42 Å². The quantitative estimate of drug-likeness (QED) is 0.751. The number of hydrogen-bond donors (Lipinski definition) is 2. The van der Waals surface area contributed by atoms with Crippen molar-refractivity contribution < 1.29 is 9.47 Å². The fraction of sp³-hybridized carbons (Fsp3) is 0.692. The Morgan fingerprint density at radius 1 is 1.32 bits per heavy atom. The van der Waals surface area contributed by atoms with Crippen LogP contribution in [0.2, 0.25) is 0 Å². The van der Waals surface area contributed by atoms with Crippen LogP contribution in [0.5, 0.6) is 5.88 Å². The number of aromatic nitrogens is 2. The Bertz CT molecular complexity index is 396. The molecule has 0 fully saturated rings. The SMILES string of the molecule is CCCOc1ncnc(NCC(C)(C)OCC)c1N. The highest BCUT2D eigenvalue weighted by Gasteiger charge is 2.18. The highest BCUT2D eigenvalue weighted by Crippen LogP contribution is 2.25. The molecule has 0 aliphatic carbocycles. The van der Waals surface area contributed by atoms with Gasteiger partial charge in [-0.3, -0.25) is 0 Å². The number of ether oxygens (including phenoxy) is 2. The largest absolute Gasteiger partial charge is 0.476 e. The van der Waals surface area contributed by atoms with Gasteiger partial charge in [0.1, 0.15) is 12.0 Å². The first-order valence-corrected chi connectivity index (χ1v) is 6.61. The molecule has 1 rings (SSSR count). The van der Waals surface area contributed by atoms with E-state index >= 15 is 0 Å². The lowest BCUT2D eigenvalue weighted by molar-refractivity contribution is 0.000648. The van der Waals surface area contributed by atoms with Gasteiger partial charge >= 0.3 is 0 Å². The molecule has 0 amide bonds. The molecule has 0 aliphatic heterocycles. The fourth-order valence-electron chi connectivity index (χ4n) is 1.57. The Morgan fingerprint density at radius 2 is 2.05 bits per heavy atom. The second-order valence-electron chi connectivity index (χ2n) is 4.84. The molecule has 0 spiro atoms. The Kier molecular flexibility index (Phi) is 5.82. The average molecular weight is 268 g/mol. The minimum atomic E-state index is -0.281. The van der Waals surface area contributed by atoms with Crippen LogP contribution in [0.3, 0.4) is 0 Å². The van der Waals surface area contributed by atoms with E-state index < -0.39 is 0 Å². The lowest BCUT2D eigenvalue weighted by atomic mass is 10.1. The topological polar surface area (TPSA) is 82.3 Å². The number of nitrogens with one attached hydrogen (secondary N) is 1. The highest BCUT2D eigenvalue weighted by atomic mass is 16.5. The van der Waals surface area contributed by atoms with Crippen LogP contribution in [0.25, 0.3) is 0 Å². The summed E-state index contributed by atoms with van der Waals surface area (Å²) in [5.41, 5.74) is 6.13. The number of hydrogen-bond acceptors (Lipinski definition) is 6. The Hall–Kier alpha value is -1.56. The molecule has 0 unspecified atom stereocenters. The van der Waals surface area contributed by atoms with Crippen molar-refractivity contribution in [3.05, 3.63) is 6.33 Å². The number of rotatable bonds is 8. The van der Waals surface area contributed by atoms with Gasteiger partial charge < -0.3 is 20.5 Å². The summed E-state index contributed by atoms with van der Waals surface area (Å²) in [6.07, 6.45) is 2.35. The molecule has 1 aromatic heterocycles. The summed E-state index contributed by atoms with van der Waals surface area (Å²) in [4.78, 5) is 8.16. The predicted molar refractivity (Wildman–Crippen MR) is 76.4 cm³/mol. The van der Waals surface area contributed by atoms with E-state index in [2.05, 4.69) is 15.3 Å². The van der Waals surface area contributed by atoms with Crippen LogP contribution in [-0.4, -0.2) is 35.3 Å². The summed E-state index contributed by atoms with van der Waals surface area (Å²) in [7, 11) is 0. The van der Waals surface area contributed by atoms with Crippen LogP contribution in [-0.2, 0) is 4.74 Å². The smallest absolute Gasteiger partial charge is 0.242 e. The molecule has 3 N–H and O–H groups in total. The molecule has 6 heteroatoms. The molecule has 0 aromatic carbocycles. The molecule has 1 heterocycles. The van der Waals surface area contributed by atoms with Gasteiger partial charge in [0, 0.05) is 13.2 Å². The molecule has 0 bridgehead atoms. The summed E-state index contributed by atoms with van der Waals surface area (Å²) < 4.78 is 11.1. The zero-order valence-corrected chi connectivity index (χ0v) is 12.2. The lowest BCUT2D eigenvalue weighted by Gasteiger charge is -2.25. The van der Waals surface area contributed by atoms with Crippen LogP contribution < -0.4 is 15.8 Å². The summed E-state index contributed by atoms with van der Waals surface area (Å²) >= 11 is 0. The molecule has 1 aromatic rings. The fourth-order valence-corrected chi connectivity index (χ4v) is 1.57. The highest BCUT2D eigenvalue weighted by molar-refractivity contribution is 5.66. The first-order chi connectivity index (χ1) is 9.00. The molecule has 0 atom stereocenters. The normalized spacial score (nSPS) is 11.4. The third kappa shape index (κ3) is 4.90. The van der Waals surface area contributed by atoms with Gasteiger partial charge in [-0.15, -0.1) is 0 Å². The molecular formula is C13H24N4O2. The summed E-state index contributed by atoms with van der Waals surface area (Å²) in [6.45, 7) is 9.88. The van der Waals surface area contributed by atoms with Gasteiger partial charge in [0.05, 0.1) is 12.2 Å². The Labute approximate surface area is 114 Å². The van der Waals surface area contributed by atoms with E-state index in [4.69, 9.17) is 15.2 Å². The van der Waals surface area contributed by atoms with Crippen molar-refractivity contribution in [1.29, 1.82) is 0 Å². The Balaban J connectivity index is 2.68. The van der Waals surface area contributed by atoms with Crippen molar-refractivity contribution in [2.24, 2.45) is 0 Å². The molecule has 19 heavy (non-hydrogen) atoms. The number of nitrogen functional groups attached to an aromatic ring is 1. The number of anilines is 2. The van der Waals surface area contributed by atoms with Gasteiger partial charge in [-0.25, -0.2) is 4.98 Å². The van der Waals surface area contributed by atoms with Crippen LogP contribution >= 0.6 is 0 Å². The molecule has 0 aliphatic rings. The van der Waals surface area contributed by atoms with Crippen LogP contribution in [0, 0.1) is 0 Å². The van der Waals surface area contributed by atoms with Gasteiger partial charge in [-0.2, -0.15) is 4.98 Å². The van der Waals surface area contributed by atoms with Crippen molar-refractivity contribution in [3.8, 4) is 5.88 Å². The third-order valence-corrected chi connectivity index (χ3v) is 2.51. The third-order valence-electron chi connectivity index (χ3n) is 2.51. The van der Waals surface area contributed by atoms with Crippen LogP contribution in [0.15, 0.2) is 6.33 Å². The van der Waals surface area contributed by atoms with E-state index in [1.807, 2.05) is 27.7 Å². The maximum atomic E-state index is 5.97. The first kappa shape index (κ1) is 15.5. The maximum Gasteiger partial charge on any atom is 0.242 e. The van der Waals surface area contributed by atoms with E-state index in [-0.39, 0.29) is 5.60 Å². The molecule has 0 saturated carbocycles. The summed E-state index contributed by atoms with van der Waals surface area (Å²) in [6, 6.07) is 0. The first-order valence-electron chi connectivity index (χ1n) is 6.61. The van der Waals surface area contributed by atoms with Gasteiger partial charge in [0.2, 0.25) is 5.88 Å². The van der Waals surface area contributed by atoms with Crippen LogP contribution in [0.1, 0.15) is 34.1 Å². The Morgan fingerprint density at radius 3 is 2.68 bits per heavy atom. The second-order valence-corrected chi connectivity index (χ2v) is 4.84. The standard InChI is InChI=1S/C13H24N4O2/c1-5-7-18-12-10(14)11(16-9-17-12)15-8-13(3,4)19-6-2/h9H,5-8,14H2,1-4H3,(H,15,16,17). The summed E-state index contributed by atoms with van der Waals surface area (Å²) in [5.74, 6) is 1.00. The van der Waals surface area contributed by atoms with Crippen molar-refractivity contribution in [2.45, 2.75) is 39.7 Å². The predicted octanol–water partition coefficient (Wildman–Crippen LogP) is 2.07. The second kappa shape index (κ2) is 7.13. The zero-order chi connectivity index (χ0) is 14.3. The van der Waals surface area contributed by atoms with Gasteiger partial charge in [0.15, 0.2) is 5.82 Å². The number of nitrogens with two attached hydrogens (primary N) is 1. The van der Waals surface area contributed by atoms with E-state index in [1.165, 1.54) is 6.33 Å². The van der Waals surface area contributed by atoms with E-state index in [1.54, 1.807) is 0 Å². The monoisotopic (exact) mass is 268 g/mol. The van der Waals surface area contributed by atoms with Gasteiger partial charge in [-0.1, -0.05) is 6.92 Å². The number of nitrogens with zero attached hydrogens (tertiary/aromatic N) is 2. The van der Waals surface area contributed by atoms with Gasteiger partial charge in [-0.05, 0) is 27.2 Å². The molecule has 6 nitrogen and oxygen atoms in total. The molecular weight excluding hydrogens is 244 g/mol. The van der Waals surface area contributed by atoms with Crippen LogP contribution in [0.4, 0.5) is 11.5 Å². The van der Waals surface area contributed by atoms with E-state index in [0.29, 0.717) is 37.1 Å².